The Bertz CT molecular complexity index is 1430. The van der Waals surface area contributed by atoms with Crippen molar-refractivity contribution in [1.29, 1.82) is 0 Å². The van der Waals surface area contributed by atoms with E-state index < -0.39 is 15.8 Å². The largest absolute Gasteiger partial charge is 0.420 e. The molecule has 11 heteroatoms. The third kappa shape index (κ3) is 4.64. The maximum absolute atomic E-state index is 14.1. The molecule has 0 bridgehead atoms. The van der Waals surface area contributed by atoms with Gasteiger partial charge in [-0.05, 0) is 43.0 Å². The zero-order chi connectivity index (χ0) is 25.4. The number of piperidine rings is 1. The zero-order valence-electron chi connectivity index (χ0n) is 20.1. The van der Waals surface area contributed by atoms with Crippen LogP contribution in [0, 0.1) is 11.7 Å². The van der Waals surface area contributed by atoms with E-state index >= 15 is 0 Å². The number of fused-ring (bicyclic) bond motifs is 1. The van der Waals surface area contributed by atoms with Crippen molar-refractivity contribution in [1.82, 2.24) is 13.8 Å². The molecular weight excluding hydrogens is 487 g/mol. The minimum atomic E-state index is -3.70. The number of hydrogen-bond acceptors (Lipinski definition) is 6. The molecule has 3 heterocycles. The molecule has 192 valence electrons. The number of oxazole rings is 1. The highest BCUT2D eigenvalue weighted by atomic mass is 32.2. The van der Waals surface area contributed by atoms with Crippen LogP contribution >= 0.6 is 0 Å². The van der Waals surface area contributed by atoms with Crippen molar-refractivity contribution in [3.8, 4) is 0 Å². The molecule has 0 unspecified atom stereocenters. The average Bonchev–Trinajstić information content (AvgIpc) is 3.18. The molecule has 2 saturated heterocycles. The summed E-state index contributed by atoms with van der Waals surface area (Å²) in [5, 5.41) is 0. The lowest BCUT2D eigenvalue weighted by Crippen LogP contribution is -2.50. The summed E-state index contributed by atoms with van der Waals surface area (Å²) in [6, 6.07) is 10.9. The van der Waals surface area contributed by atoms with Crippen molar-refractivity contribution < 1.29 is 22.0 Å². The van der Waals surface area contributed by atoms with Crippen LogP contribution < -0.4 is 10.7 Å². The van der Waals surface area contributed by atoms with E-state index in [2.05, 4.69) is 6.92 Å². The van der Waals surface area contributed by atoms with Gasteiger partial charge in [-0.1, -0.05) is 19.1 Å². The third-order valence-electron chi connectivity index (χ3n) is 7.14. The van der Waals surface area contributed by atoms with E-state index in [1.807, 2.05) is 4.90 Å². The van der Waals surface area contributed by atoms with Gasteiger partial charge in [0.15, 0.2) is 5.58 Å². The SMILES string of the molecule is CC1CCN(S(=O)(=O)c2ccc3c(c2)oc(=O)n3CC(=O)N2CCN(c3ccccc3F)CC2)CC1. The van der Waals surface area contributed by atoms with Crippen LogP contribution in [0.15, 0.2) is 56.6 Å². The molecule has 1 aromatic heterocycles. The van der Waals surface area contributed by atoms with E-state index in [-0.39, 0.29) is 28.7 Å². The van der Waals surface area contributed by atoms with Crippen molar-refractivity contribution >= 4 is 32.7 Å². The topological polar surface area (TPSA) is 96.1 Å². The van der Waals surface area contributed by atoms with Crippen LogP contribution in [-0.4, -0.2) is 67.4 Å². The van der Waals surface area contributed by atoms with Crippen LogP contribution in [0.3, 0.4) is 0 Å². The maximum Gasteiger partial charge on any atom is 0.420 e. The van der Waals surface area contributed by atoms with Gasteiger partial charge < -0.3 is 14.2 Å². The molecule has 1 amide bonds. The number of carbonyl (C=O) groups is 1. The van der Waals surface area contributed by atoms with Crippen LogP contribution in [-0.2, 0) is 21.4 Å². The Morgan fingerprint density at radius 3 is 2.42 bits per heavy atom. The lowest BCUT2D eigenvalue weighted by Gasteiger charge is -2.36. The first-order valence-electron chi connectivity index (χ1n) is 12.1. The molecule has 9 nitrogen and oxygen atoms in total. The second-order valence-electron chi connectivity index (χ2n) is 9.49. The van der Waals surface area contributed by atoms with Crippen LogP contribution in [0.1, 0.15) is 19.8 Å². The van der Waals surface area contributed by atoms with E-state index in [1.54, 1.807) is 23.1 Å². The molecule has 0 saturated carbocycles. The molecule has 0 radical (unpaired) electrons. The van der Waals surface area contributed by atoms with Crippen molar-refractivity contribution in [2.24, 2.45) is 5.92 Å². The van der Waals surface area contributed by atoms with Crippen LogP contribution in [0.5, 0.6) is 0 Å². The normalized spacial score (nSPS) is 18.2. The molecule has 2 aliphatic rings. The second kappa shape index (κ2) is 9.70. The number of nitrogens with zero attached hydrogens (tertiary/aromatic N) is 4. The van der Waals surface area contributed by atoms with E-state index in [9.17, 15) is 22.4 Å². The molecule has 2 aliphatic heterocycles. The molecular formula is C25H29FN4O5S. The van der Waals surface area contributed by atoms with E-state index in [4.69, 9.17) is 4.42 Å². The number of rotatable bonds is 5. The second-order valence-corrected chi connectivity index (χ2v) is 11.4. The lowest BCUT2D eigenvalue weighted by molar-refractivity contribution is -0.132. The summed E-state index contributed by atoms with van der Waals surface area (Å²) in [6.45, 7) is 4.56. The van der Waals surface area contributed by atoms with Crippen molar-refractivity contribution in [2.45, 2.75) is 31.2 Å². The highest BCUT2D eigenvalue weighted by Crippen LogP contribution is 2.26. The van der Waals surface area contributed by atoms with Gasteiger partial charge in [-0.15, -0.1) is 0 Å². The maximum atomic E-state index is 14.1. The van der Waals surface area contributed by atoms with E-state index in [0.717, 1.165) is 12.8 Å². The Hall–Kier alpha value is -3.18. The van der Waals surface area contributed by atoms with Gasteiger partial charge in [0.1, 0.15) is 12.4 Å². The number of aromatic nitrogens is 1. The number of benzene rings is 2. The monoisotopic (exact) mass is 516 g/mol. The molecule has 36 heavy (non-hydrogen) atoms. The van der Waals surface area contributed by atoms with Crippen molar-refractivity contribution in [3.63, 3.8) is 0 Å². The first kappa shape index (κ1) is 24.5. The van der Waals surface area contributed by atoms with Gasteiger partial charge in [0, 0.05) is 45.3 Å². The number of halogens is 1. The summed E-state index contributed by atoms with van der Waals surface area (Å²) in [6.07, 6.45) is 1.62. The fourth-order valence-electron chi connectivity index (χ4n) is 4.87. The number of para-hydroxylation sites is 1. The minimum Gasteiger partial charge on any atom is -0.408 e. The van der Waals surface area contributed by atoms with Crippen LogP contribution in [0.2, 0.25) is 0 Å². The van der Waals surface area contributed by atoms with Crippen LogP contribution in [0.4, 0.5) is 10.1 Å². The van der Waals surface area contributed by atoms with Gasteiger partial charge in [-0.2, -0.15) is 4.31 Å². The summed E-state index contributed by atoms with van der Waals surface area (Å²) >= 11 is 0. The molecule has 2 aromatic carbocycles. The molecule has 0 aliphatic carbocycles. The van der Waals surface area contributed by atoms with Crippen LogP contribution in [0.25, 0.3) is 11.1 Å². The summed E-state index contributed by atoms with van der Waals surface area (Å²) in [5.41, 5.74) is 1.000. The minimum absolute atomic E-state index is 0.0704. The number of piperazine rings is 1. The number of sulfonamides is 1. The Morgan fingerprint density at radius 2 is 1.72 bits per heavy atom. The van der Waals surface area contributed by atoms with Gasteiger partial charge in [-0.3, -0.25) is 9.36 Å². The van der Waals surface area contributed by atoms with Gasteiger partial charge in [-0.25, -0.2) is 17.6 Å². The number of anilines is 1. The smallest absolute Gasteiger partial charge is 0.408 e. The van der Waals surface area contributed by atoms with Crippen molar-refractivity contribution in [2.75, 3.05) is 44.2 Å². The molecule has 0 N–H and O–H groups in total. The molecule has 0 atom stereocenters. The molecule has 5 rings (SSSR count). The quantitative estimate of drug-likeness (QED) is 0.517. The zero-order valence-corrected chi connectivity index (χ0v) is 20.9. The van der Waals surface area contributed by atoms with E-state index in [0.29, 0.717) is 56.4 Å². The van der Waals surface area contributed by atoms with Gasteiger partial charge in [0.25, 0.3) is 0 Å². The van der Waals surface area contributed by atoms with Crippen molar-refractivity contribution in [3.05, 3.63) is 58.8 Å². The van der Waals surface area contributed by atoms with Gasteiger partial charge >= 0.3 is 5.76 Å². The predicted octanol–water partition coefficient (Wildman–Crippen LogP) is 2.50. The molecule has 2 fully saturated rings. The average molecular weight is 517 g/mol. The Morgan fingerprint density at radius 1 is 1.03 bits per heavy atom. The van der Waals surface area contributed by atoms with Gasteiger partial charge in [0.2, 0.25) is 15.9 Å². The molecule has 0 spiro atoms. The summed E-state index contributed by atoms with van der Waals surface area (Å²) in [4.78, 5) is 29.1. The summed E-state index contributed by atoms with van der Waals surface area (Å²) < 4.78 is 48.2. The summed E-state index contributed by atoms with van der Waals surface area (Å²) in [7, 11) is -3.70. The first-order valence-corrected chi connectivity index (χ1v) is 13.6. The first-order chi connectivity index (χ1) is 17.2. The highest BCUT2D eigenvalue weighted by Gasteiger charge is 2.29. The fraction of sp³-hybridized carbons (Fsp3) is 0.440. The van der Waals surface area contributed by atoms with Gasteiger partial charge in [0.05, 0.1) is 16.1 Å². The lowest BCUT2D eigenvalue weighted by atomic mass is 10.0. The third-order valence-corrected chi connectivity index (χ3v) is 9.03. The Kier molecular flexibility index (Phi) is 6.60. The standard InChI is InChI=1S/C25H29FN4O5S/c1-18-8-10-29(11-9-18)36(33,34)19-6-7-22-23(16-19)35-25(32)30(22)17-24(31)28-14-12-27(13-15-28)21-5-3-2-4-20(21)26/h2-7,16,18H,8-15,17H2,1H3. The Balaban J connectivity index is 1.29. The number of amides is 1. The predicted molar refractivity (Wildman–Crippen MR) is 133 cm³/mol. The fourth-order valence-corrected chi connectivity index (χ4v) is 6.36. The summed E-state index contributed by atoms with van der Waals surface area (Å²) in [5.74, 6) is -0.785. The number of hydrogen-bond donors (Lipinski definition) is 0. The highest BCUT2D eigenvalue weighted by molar-refractivity contribution is 7.89. The Labute approximate surface area is 208 Å². The molecule has 3 aromatic rings. The number of carbonyl (C=O) groups excluding carboxylic acids is 1. The van der Waals surface area contributed by atoms with E-state index in [1.165, 1.54) is 33.1 Å².